The third kappa shape index (κ3) is 3.81. The van der Waals surface area contributed by atoms with Crippen LogP contribution in [-0.4, -0.2) is 23.7 Å². The molecule has 1 amide bonds. The molecule has 0 saturated heterocycles. The first kappa shape index (κ1) is 12.5. The van der Waals surface area contributed by atoms with Crippen molar-refractivity contribution in [2.75, 3.05) is 6.61 Å². The summed E-state index contributed by atoms with van der Waals surface area (Å²) in [7, 11) is 0. The van der Waals surface area contributed by atoms with Crippen LogP contribution < -0.4 is 5.32 Å². The van der Waals surface area contributed by atoms with Gasteiger partial charge in [-0.2, -0.15) is 0 Å². The van der Waals surface area contributed by atoms with E-state index in [0.29, 0.717) is 10.6 Å². The zero-order chi connectivity index (χ0) is 11.4. The van der Waals surface area contributed by atoms with Gasteiger partial charge in [0, 0.05) is 21.1 Å². The minimum absolute atomic E-state index is 0.0898. The molecule has 0 bridgehead atoms. The molecule has 3 nitrogen and oxygen atoms in total. The summed E-state index contributed by atoms with van der Waals surface area (Å²) < 4.78 is 0.747. The van der Waals surface area contributed by atoms with E-state index in [4.69, 9.17) is 16.7 Å². The number of aliphatic hydroxyl groups is 1. The van der Waals surface area contributed by atoms with Crippen LogP contribution in [0, 0.1) is 0 Å². The SMILES string of the molecule is CC(CO)NC(=O)c1cc(Cl)cc(Br)c1. The monoisotopic (exact) mass is 291 g/mol. The Bertz CT molecular complexity index is 350. The summed E-state index contributed by atoms with van der Waals surface area (Å²) in [5, 5.41) is 11.9. The Morgan fingerprint density at radius 2 is 2.27 bits per heavy atom. The maximum absolute atomic E-state index is 11.6. The molecular weight excluding hydrogens is 281 g/mol. The summed E-state index contributed by atoms with van der Waals surface area (Å²) >= 11 is 9.06. The van der Waals surface area contributed by atoms with Crippen LogP contribution in [0.15, 0.2) is 22.7 Å². The van der Waals surface area contributed by atoms with Gasteiger partial charge >= 0.3 is 0 Å². The minimum atomic E-state index is -0.268. The first-order valence-electron chi connectivity index (χ1n) is 4.40. The predicted octanol–water partition coefficient (Wildman–Crippen LogP) is 2.21. The van der Waals surface area contributed by atoms with E-state index in [2.05, 4.69) is 21.2 Å². The molecule has 0 spiro atoms. The lowest BCUT2D eigenvalue weighted by Crippen LogP contribution is -2.34. The highest BCUT2D eigenvalue weighted by Crippen LogP contribution is 2.19. The Kier molecular flexibility index (Phi) is 4.57. The van der Waals surface area contributed by atoms with Crippen molar-refractivity contribution in [1.29, 1.82) is 0 Å². The van der Waals surface area contributed by atoms with Crippen molar-refractivity contribution < 1.29 is 9.90 Å². The Morgan fingerprint density at radius 3 is 2.80 bits per heavy atom. The molecule has 5 heteroatoms. The Morgan fingerprint density at radius 1 is 1.60 bits per heavy atom. The second-order valence-corrected chi connectivity index (χ2v) is 4.57. The predicted molar refractivity (Wildman–Crippen MR) is 63.2 cm³/mol. The summed E-state index contributed by atoms with van der Waals surface area (Å²) in [6, 6.07) is 4.68. The van der Waals surface area contributed by atoms with E-state index in [1.54, 1.807) is 25.1 Å². The molecule has 1 aromatic rings. The second-order valence-electron chi connectivity index (χ2n) is 3.22. The quantitative estimate of drug-likeness (QED) is 0.897. The van der Waals surface area contributed by atoms with Crippen LogP contribution in [0.3, 0.4) is 0 Å². The number of amides is 1. The highest BCUT2D eigenvalue weighted by atomic mass is 79.9. The number of carbonyl (C=O) groups is 1. The molecule has 0 aromatic heterocycles. The molecule has 0 heterocycles. The van der Waals surface area contributed by atoms with Crippen LogP contribution in [0.1, 0.15) is 17.3 Å². The van der Waals surface area contributed by atoms with Gasteiger partial charge in [-0.15, -0.1) is 0 Å². The van der Waals surface area contributed by atoms with Gasteiger partial charge in [-0.3, -0.25) is 4.79 Å². The fourth-order valence-electron chi connectivity index (χ4n) is 1.04. The molecule has 0 aliphatic rings. The van der Waals surface area contributed by atoms with Crippen LogP contribution in [-0.2, 0) is 0 Å². The number of hydrogen-bond donors (Lipinski definition) is 2. The lowest BCUT2D eigenvalue weighted by atomic mass is 10.2. The number of nitrogens with one attached hydrogen (secondary N) is 1. The van der Waals surface area contributed by atoms with Gasteiger partial charge in [0.1, 0.15) is 0 Å². The average molecular weight is 293 g/mol. The van der Waals surface area contributed by atoms with Gasteiger partial charge in [0.15, 0.2) is 0 Å². The molecule has 15 heavy (non-hydrogen) atoms. The first-order valence-corrected chi connectivity index (χ1v) is 5.58. The maximum Gasteiger partial charge on any atom is 0.251 e. The van der Waals surface area contributed by atoms with Gasteiger partial charge in [0.05, 0.1) is 6.61 Å². The van der Waals surface area contributed by atoms with E-state index in [9.17, 15) is 4.79 Å². The van der Waals surface area contributed by atoms with Gasteiger partial charge in [0.25, 0.3) is 5.91 Å². The van der Waals surface area contributed by atoms with Gasteiger partial charge in [-0.25, -0.2) is 0 Å². The molecule has 1 unspecified atom stereocenters. The van der Waals surface area contributed by atoms with Crippen molar-refractivity contribution >= 4 is 33.4 Å². The summed E-state index contributed by atoms with van der Waals surface area (Å²) in [6.45, 7) is 1.63. The smallest absolute Gasteiger partial charge is 0.251 e. The molecule has 0 aliphatic heterocycles. The molecule has 1 atom stereocenters. The van der Waals surface area contributed by atoms with Crippen LogP contribution in [0.2, 0.25) is 5.02 Å². The molecule has 0 aliphatic carbocycles. The fraction of sp³-hybridized carbons (Fsp3) is 0.300. The first-order chi connectivity index (χ1) is 7.02. The van der Waals surface area contributed by atoms with Crippen molar-refractivity contribution in [3.63, 3.8) is 0 Å². The van der Waals surface area contributed by atoms with Gasteiger partial charge in [0.2, 0.25) is 0 Å². The largest absolute Gasteiger partial charge is 0.394 e. The van der Waals surface area contributed by atoms with Crippen molar-refractivity contribution in [2.45, 2.75) is 13.0 Å². The fourth-order valence-corrected chi connectivity index (χ4v) is 1.90. The van der Waals surface area contributed by atoms with E-state index >= 15 is 0 Å². The van der Waals surface area contributed by atoms with Crippen LogP contribution >= 0.6 is 27.5 Å². The number of aliphatic hydroxyl groups excluding tert-OH is 1. The lowest BCUT2D eigenvalue weighted by molar-refractivity contribution is 0.0922. The van der Waals surface area contributed by atoms with Gasteiger partial charge in [-0.05, 0) is 25.1 Å². The Hall–Kier alpha value is -0.580. The summed E-state index contributed by atoms with van der Waals surface area (Å²) in [6.07, 6.45) is 0. The Labute approximate surface area is 102 Å². The molecule has 0 saturated carbocycles. The molecule has 1 aromatic carbocycles. The highest BCUT2D eigenvalue weighted by Gasteiger charge is 2.10. The van der Waals surface area contributed by atoms with Crippen molar-refractivity contribution in [3.05, 3.63) is 33.3 Å². The average Bonchev–Trinajstić information content (AvgIpc) is 2.16. The van der Waals surface area contributed by atoms with Crippen molar-refractivity contribution in [2.24, 2.45) is 0 Å². The van der Waals surface area contributed by atoms with E-state index in [1.807, 2.05) is 0 Å². The minimum Gasteiger partial charge on any atom is -0.394 e. The van der Waals surface area contributed by atoms with Crippen LogP contribution in [0.5, 0.6) is 0 Å². The highest BCUT2D eigenvalue weighted by molar-refractivity contribution is 9.10. The normalized spacial score (nSPS) is 12.3. The maximum atomic E-state index is 11.6. The van der Waals surface area contributed by atoms with Crippen molar-refractivity contribution in [3.8, 4) is 0 Å². The molecule has 0 radical (unpaired) electrons. The number of carbonyl (C=O) groups excluding carboxylic acids is 1. The zero-order valence-corrected chi connectivity index (χ0v) is 10.5. The standard InChI is InChI=1S/C10H11BrClNO2/c1-6(5-14)13-10(15)7-2-8(11)4-9(12)3-7/h2-4,6,14H,5H2,1H3,(H,13,15). The van der Waals surface area contributed by atoms with E-state index in [-0.39, 0.29) is 18.6 Å². The molecule has 2 N–H and O–H groups in total. The topological polar surface area (TPSA) is 49.3 Å². The lowest BCUT2D eigenvalue weighted by Gasteiger charge is -2.11. The number of hydrogen-bond acceptors (Lipinski definition) is 2. The Balaban J connectivity index is 2.82. The number of halogens is 2. The van der Waals surface area contributed by atoms with Crippen LogP contribution in [0.25, 0.3) is 0 Å². The van der Waals surface area contributed by atoms with E-state index in [0.717, 1.165) is 4.47 Å². The number of rotatable bonds is 3. The summed E-state index contributed by atoms with van der Waals surface area (Å²) in [4.78, 5) is 11.6. The van der Waals surface area contributed by atoms with Crippen LogP contribution in [0.4, 0.5) is 0 Å². The third-order valence-corrected chi connectivity index (χ3v) is 2.45. The third-order valence-electron chi connectivity index (χ3n) is 1.78. The molecule has 82 valence electrons. The zero-order valence-electron chi connectivity index (χ0n) is 8.13. The van der Waals surface area contributed by atoms with Crippen molar-refractivity contribution in [1.82, 2.24) is 5.32 Å². The molecular formula is C10H11BrClNO2. The number of benzene rings is 1. The molecule has 0 fully saturated rings. The van der Waals surface area contributed by atoms with E-state index < -0.39 is 0 Å². The van der Waals surface area contributed by atoms with Gasteiger partial charge in [-0.1, -0.05) is 27.5 Å². The summed E-state index contributed by atoms with van der Waals surface area (Å²) in [5.41, 5.74) is 0.467. The van der Waals surface area contributed by atoms with E-state index in [1.165, 1.54) is 0 Å². The van der Waals surface area contributed by atoms with Gasteiger partial charge < -0.3 is 10.4 Å². The molecule has 1 rings (SSSR count). The summed E-state index contributed by atoms with van der Waals surface area (Å²) in [5.74, 6) is -0.250. The second kappa shape index (κ2) is 5.49.